The fourth-order valence-electron chi connectivity index (χ4n) is 3.67. The number of rotatable bonds is 0. The van der Waals surface area contributed by atoms with Crippen LogP contribution in [0.2, 0.25) is 0 Å². The quantitative estimate of drug-likeness (QED) is 0.543. The third-order valence-electron chi connectivity index (χ3n) is 4.10. The zero-order valence-electron chi connectivity index (χ0n) is 7.53. The van der Waals surface area contributed by atoms with E-state index in [1.165, 1.54) is 12.8 Å². The van der Waals surface area contributed by atoms with E-state index in [1.807, 2.05) is 0 Å². The SMILES string of the molecule is CC1C=C2C3CC(O)C(C3)C2C1. The molecule has 2 saturated carbocycles. The Bertz CT molecular complexity index is 243. The van der Waals surface area contributed by atoms with Crippen LogP contribution in [0.15, 0.2) is 11.6 Å². The minimum Gasteiger partial charge on any atom is -0.393 e. The van der Waals surface area contributed by atoms with Crippen molar-refractivity contribution in [3.8, 4) is 0 Å². The van der Waals surface area contributed by atoms with Gasteiger partial charge in [0.25, 0.3) is 0 Å². The molecular formula is C11H16O. The van der Waals surface area contributed by atoms with E-state index in [0.29, 0.717) is 5.92 Å². The maximum absolute atomic E-state index is 9.73. The van der Waals surface area contributed by atoms with Crippen molar-refractivity contribution in [2.45, 2.75) is 32.3 Å². The lowest BCUT2D eigenvalue weighted by molar-refractivity contribution is 0.0973. The molecule has 12 heavy (non-hydrogen) atoms. The summed E-state index contributed by atoms with van der Waals surface area (Å²) >= 11 is 0. The number of hydrogen-bond donors (Lipinski definition) is 1. The minimum atomic E-state index is 0.0300. The van der Waals surface area contributed by atoms with E-state index in [2.05, 4.69) is 13.0 Å². The second kappa shape index (κ2) is 2.14. The smallest absolute Gasteiger partial charge is 0.0580 e. The largest absolute Gasteiger partial charge is 0.393 e. The Morgan fingerprint density at radius 1 is 1.33 bits per heavy atom. The molecule has 0 radical (unpaired) electrons. The van der Waals surface area contributed by atoms with Crippen LogP contribution in [0.25, 0.3) is 0 Å². The Morgan fingerprint density at radius 2 is 2.17 bits per heavy atom. The lowest BCUT2D eigenvalue weighted by Gasteiger charge is -2.25. The van der Waals surface area contributed by atoms with Crippen LogP contribution in [0.5, 0.6) is 0 Å². The molecule has 1 heteroatoms. The topological polar surface area (TPSA) is 20.2 Å². The predicted molar refractivity (Wildman–Crippen MR) is 47.6 cm³/mol. The van der Waals surface area contributed by atoms with Crippen molar-refractivity contribution < 1.29 is 5.11 Å². The van der Waals surface area contributed by atoms with E-state index < -0.39 is 0 Å². The van der Waals surface area contributed by atoms with Crippen molar-refractivity contribution in [3.05, 3.63) is 11.6 Å². The number of hydrogen-bond acceptors (Lipinski definition) is 1. The van der Waals surface area contributed by atoms with Gasteiger partial charge < -0.3 is 5.11 Å². The third kappa shape index (κ3) is 0.731. The summed E-state index contributed by atoms with van der Waals surface area (Å²) in [6.45, 7) is 2.30. The Morgan fingerprint density at radius 3 is 3.00 bits per heavy atom. The molecule has 3 aliphatic carbocycles. The van der Waals surface area contributed by atoms with Crippen LogP contribution in [0, 0.1) is 23.7 Å². The van der Waals surface area contributed by atoms with Gasteiger partial charge in [0.2, 0.25) is 0 Å². The van der Waals surface area contributed by atoms with Crippen LogP contribution < -0.4 is 0 Å². The lowest BCUT2D eigenvalue weighted by Crippen LogP contribution is -2.24. The van der Waals surface area contributed by atoms with Crippen molar-refractivity contribution in [2.75, 3.05) is 0 Å². The minimum absolute atomic E-state index is 0.0300. The van der Waals surface area contributed by atoms with Crippen LogP contribution in [0.3, 0.4) is 0 Å². The molecule has 66 valence electrons. The van der Waals surface area contributed by atoms with Gasteiger partial charge in [0.1, 0.15) is 0 Å². The van der Waals surface area contributed by atoms with Crippen molar-refractivity contribution >= 4 is 0 Å². The highest BCUT2D eigenvalue weighted by molar-refractivity contribution is 5.28. The fraction of sp³-hybridized carbons (Fsp3) is 0.818. The monoisotopic (exact) mass is 164 g/mol. The van der Waals surface area contributed by atoms with E-state index in [1.54, 1.807) is 5.57 Å². The van der Waals surface area contributed by atoms with Crippen molar-refractivity contribution in [3.63, 3.8) is 0 Å². The summed E-state index contributed by atoms with van der Waals surface area (Å²) < 4.78 is 0. The lowest BCUT2D eigenvalue weighted by atomic mass is 9.84. The summed E-state index contributed by atoms with van der Waals surface area (Å²) in [6.07, 6.45) is 6.15. The van der Waals surface area contributed by atoms with Crippen LogP contribution in [0.1, 0.15) is 26.2 Å². The van der Waals surface area contributed by atoms with Crippen LogP contribution in [0.4, 0.5) is 0 Å². The molecule has 1 N–H and O–H groups in total. The zero-order valence-corrected chi connectivity index (χ0v) is 7.53. The van der Waals surface area contributed by atoms with Crippen LogP contribution >= 0.6 is 0 Å². The molecular weight excluding hydrogens is 148 g/mol. The molecule has 0 aliphatic heterocycles. The van der Waals surface area contributed by atoms with Gasteiger partial charge >= 0.3 is 0 Å². The Hall–Kier alpha value is -0.300. The summed E-state index contributed by atoms with van der Waals surface area (Å²) in [6, 6.07) is 0. The molecule has 5 unspecified atom stereocenters. The molecule has 2 bridgehead atoms. The van der Waals surface area contributed by atoms with Gasteiger partial charge in [-0.3, -0.25) is 0 Å². The second-order valence-electron chi connectivity index (χ2n) is 4.89. The van der Waals surface area contributed by atoms with Crippen molar-refractivity contribution in [1.29, 1.82) is 0 Å². The molecule has 5 atom stereocenters. The van der Waals surface area contributed by atoms with Gasteiger partial charge in [0.15, 0.2) is 0 Å². The van der Waals surface area contributed by atoms with E-state index in [9.17, 15) is 5.11 Å². The molecule has 0 heterocycles. The van der Waals surface area contributed by atoms with E-state index in [0.717, 1.165) is 24.2 Å². The number of aliphatic hydroxyl groups is 1. The summed E-state index contributed by atoms with van der Waals surface area (Å²) in [5.74, 6) is 2.94. The molecule has 2 fully saturated rings. The van der Waals surface area contributed by atoms with E-state index >= 15 is 0 Å². The number of allylic oxidation sites excluding steroid dienone is 2. The highest BCUT2D eigenvalue weighted by atomic mass is 16.3. The Kier molecular flexibility index (Phi) is 1.27. The molecule has 0 saturated heterocycles. The first kappa shape index (κ1) is 7.14. The average molecular weight is 164 g/mol. The van der Waals surface area contributed by atoms with E-state index in [-0.39, 0.29) is 6.10 Å². The average Bonchev–Trinajstić information content (AvgIpc) is 2.57. The molecule has 0 spiro atoms. The van der Waals surface area contributed by atoms with Gasteiger partial charge in [0, 0.05) is 0 Å². The van der Waals surface area contributed by atoms with Crippen LogP contribution in [-0.2, 0) is 0 Å². The Labute approximate surface area is 73.5 Å². The molecule has 0 aromatic rings. The third-order valence-corrected chi connectivity index (χ3v) is 4.10. The van der Waals surface area contributed by atoms with Gasteiger partial charge in [-0.05, 0) is 42.9 Å². The molecule has 0 aromatic carbocycles. The van der Waals surface area contributed by atoms with Crippen LogP contribution in [-0.4, -0.2) is 11.2 Å². The summed E-state index contributed by atoms with van der Waals surface area (Å²) in [7, 11) is 0. The first-order valence-corrected chi connectivity index (χ1v) is 5.15. The zero-order chi connectivity index (χ0) is 8.29. The Balaban J connectivity index is 1.95. The fourth-order valence-corrected chi connectivity index (χ4v) is 3.67. The van der Waals surface area contributed by atoms with Gasteiger partial charge in [-0.1, -0.05) is 18.6 Å². The summed E-state index contributed by atoms with van der Waals surface area (Å²) in [5, 5.41) is 9.73. The van der Waals surface area contributed by atoms with Gasteiger partial charge in [0.05, 0.1) is 6.10 Å². The first-order chi connectivity index (χ1) is 5.75. The highest BCUT2D eigenvalue weighted by Crippen LogP contribution is 2.57. The van der Waals surface area contributed by atoms with Gasteiger partial charge in [-0.25, -0.2) is 0 Å². The number of aliphatic hydroxyl groups excluding tert-OH is 1. The summed E-state index contributed by atoms with van der Waals surface area (Å²) in [4.78, 5) is 0. The molecule has 3 aliphatic rings. The first-order valence-electron chi connectivity index (χ1n) is 5.15. The molecule has 1 nitrogen and oxygen atoms in total. The van der Waals surface area contributed by atoms with Gasteiger partial charge in [-0.2, -0.15) is 0 Å². The van der Waals surface area contributed by atoms with Gasteiger partial charge in [-0.15, -0.1) is 0 Å². The van der Waals surface area contributed by atoms with E-state index in [4.69, 9.17) is 0 Å². The maximum atomic E-state index is 9.73. The standard InChI is InChI=1S/C11H16O/c1-6-2-8-7-4-10(9(8)3-6)11(12)5-7/h2,6-7,9-12H,3-5H2,1H3. The second-order valence-corrected chi connectivity index (χ2v) is 4.89. The molecule has 0 aromatic heterocycles. The van der Waals surface area contributed by atoms with Crippen molar-refractivity contribution in [2.24, 2.45) is 23.7 Å². The predicted octanol–water partition coefficient (Wildman–Crippen LogP) is 1.97. The number of fused-ring (bicyclic) bond motifs is 5. The maximum Gasteiger partial charge on any atom is 0.0580 e. The van der Waals surface area contributed by atoms with Crippen molar-refractivity contribution in [1.82, 2.24) is 0 Å². The normalized spacial score (nSPS) is 55.8. The highest BCUT2D eigenvalue weighted by Gasteiger charge is 2.50. The summed E-state index contributed by atoms with van der Waals surface area (Å²) in [5.41, 5.74) is 1.71. The molecule has 0 amide bonds. The molecule has 3 rings (SSSR count).